The summed E-state index contributed by atoms with van der Waals surface area (Å²) in [6, 6.07) is 12.1. The number of aryl methyl sites for hydroxylation is 1. The van der Waals surface area contributed by atoms with Crippen molar-refractivity contribution in [2.75, 3.05) is 0 Å². The zero-order chi connectivity index (χ0) is 16.9. The van der Waals surface area contributed by atoms with E-state index in [4.69, 9.17) is 11.6 Å². The van der Waals surface area contributed by atoms with Crippen molar-refractivity contribution in [1.82, 2.24) is 20.4 Å². The van der Waals surface area contributed by atoms with Gasteiger partial charge < -0.3 is 5.11 Å². The molecule has 0 saturated heterocycles. The molecule has 0 radical (unpaired) electrons. The van der Waals surface area contributed by atoms with Gasteiger partial charge in [0.1, 0.15) is 11.3 Å². The van der Waals surface area contributed by atoms with Crippen molar-refractivity contribution in [3.8, 4) is 5.75 Å². The molecule has 0 unspecified atom stereocenters. The van der Waals surface area contributed by atoms with Gasteiger partial charge in [0, 0.05) is 17.0 Å². The summed E-state index contributed by atoms with van der Waals surface area (Å²) in [7, 11) is 0. The van der Waals surface area contributed by atoms with Gasteiger partial charge >= 0.3 is 0 Å². The van der Waals surface area contributed by atoms with E-state index >= 15 is 0 Å². The van der Waals surface area contributed by atoms with Crippen LogP contribution in [0.2, 0.25) is 5.02 Å². The molecular formula is C16H14ClN5O2. The lowest BCUT2D eigenvalue weighted by Crippen LogP contribution is -2.19. The van der Waals surface area contributed by atoms with Gasteiger partial charge in [-0.05, 0) is 30.3 Å². The summed E-state index contributed by atoms with van der Waals surface area (Å²) in [6.45, 7) is 0.393. The van der Waals surface area contributed by atoms with Gasteiger partial charge in [0.15, 0.2) is 0 Å². The van der Waals surface area contributed by atoms with Crippen molar-refractivity contribution in [2.24, 2.45) is 5.10 Å². The van der Waals surface area contributed by atoms with Crippen LogP contribution in [0, 0.1) is 0 Å². The predicted octanol–water partition coefficient (Wildman–Crippen LogP) is 2.33. The van der Waals surface area contributed by atoms with Crippen LogP contribution >= 0.6 is 11.6 Å². The number of halogens is 1. The average molecular weight is 344 g/mol. The quantitative estimate of drug-likeness (QED) is 0.549. The maximum atomic E-state index is 11.8. The summed E-state index contributed by atoms with van der Waals surface area (Å²) in [5.41, 5.74) is 4.48. The number of carbonyl (C=O) groups excluding carboxylic acids is 1. The number of fused-ring (bicyclic) bond motifs is 1. The molecule has 3 rings (SSSR count). The molecule has 2 N–H and O–H groups in total. The van der Waals surface area contributed by atoms with Crippen LogP contribution < -0.4 is 5.43 Å². The topological polar surface area (TPSA) is 92.4 Å². The van der Waals surface area contributed by atoms with Crippen molar-refractivity contribution in [3.05, 3.63) is 53.1 Å². The fraction of sp³-hybridized carbons (Fsp3) is 0.125. The van der Waals surface area contributed by atoms with Gasteiger partial charge in [-0.1, -0.05) is 28.9 Å². The predicted molar refractivity (Wildman–Crippen MR) is 91.0 cm³/mol. The van der Waals surface area contributed by atoms with Crippen molar-refractivity contribution in [3.63, 3.8) is 0 Å². The molecule has 1 amide bonds. The fourth-order valence-electron chi connectivity index (χ4n) is 2.15. The van der Waals surface area contributed by atoms with E-state index in [1.54, 1.807) is 16.8 Å². The molecule has 8 heteroatoms. The number of amides is 1. The minimum Gasteiger partial charge on any atom is -0.507 e. The molecule has 7 nitrogen and oxygen atoms in total. The molecule has 0 aliphatic heterocycles. The number of aromatic nitrogens is 3. The highest BCUT2D eigenvalue weighted by Gasteiger charge is 2.06. The molecule has 0 atom stereocenters. The van der Waals surface area contributed by atoms with E-state index in [1.165, 1.54) is 12.3 Å². The van der Waals surface area contributed by atoms with Crippen molar-refractivity contribution in [2.45, 2.75) is 13.0 Å². The van der Waals surface area contributed by atoms with Crippen LogP contribution in [0.3, 0.4) is 0 Å². The summed E-state index contributed by atoms with van der Waals surface area (Å²) in [6.07, 6.45) is 1.54. The van der Waals surface area contributed by atoms with Gasteiger partial charge in [-0.15, -0.1) is 5.10 Å². The lowest BCUT2D eigenvalue weighted by atomic mass is 10.2. The standard InChI is InChI=1S/C16H14ClN5O2/c17-12-5-6-15(23)11(9-12)10-18-20-16(24)7-8-22-14-4-2-1-3-13(14)19-21-22/h1-6,9-10,23H,7-8H2,(H,20,24). The van der Waals surface area contributed by atoms with Crippen molar-refractivity contribution < 1.29 is 9.90 Å². The van der Waals surface area contributed by atoms with E-state index in [0.717, 1.165) is 11.0 Å². The highest BCUT2D eigenvalue weighted by Crippen LogP contribution is 2.19. The number of hydrazone groups is 1. The van der Waals surface area contributed by atoms with E-state index in [0.29, 0.717) is 17.1 Å². The van der Waals surface area contributed by atoms with Gasteiger partial charge in [-0.25, -0.2) is 10.1 Å². The van der Waals surface area contributed by atoms with E-state index in [1.807, 2.05) is 24.3 Å². The highest BCUT2D eigenvalue weighted by molar-refractivity contribution is 6.30. The van der Waals surface area contributed by atoms with Crippen LogP contribution in [0.25, 0.3) is 11.0 Å². The van der Waals surface area contributed by atoms with Crippen LogP contribution in [0.15, 0.2) is 47.6 Å². The number of hydrogen-bond donors (Lipinski definition) is 2. The molecule has 122 valence electrons. The first-order valence-electron chi connectivity index (χ1n) is 7.22. The Bertz CT molecular complexity index is 906. The van der Waals surface area contributed by atoms with Crippen LogP contribution in [-0.4, -0.2) is 32.2 Å². The third-order valence-electron chi connectivity index (χ3n) is 3.35. The van der Waals surface area contributed by atoms with Crippen LogP contribution in [0.5, 0.6) is 5.75 Å². The third-order valence-corrected chi connectivity index (χ3v) is 3.59. The number of carbonyl (C=O) groups is 1. The molecule has 0 spiro atoms. The molecule has 0 aliphatic carbocycles. The number of phenols is 1. The second-order valence-electron chi connectivity index (χ2n) is 5.05. The van der Waals surface area contributed by atoms with Crippen LogP contribution in [0.4, 0.5) is 0 Å². The van der Waals surface area contributed by atoms with Gasteiger partial charge in [0.2, 0.25) is 5.91 Å². The molecule has 2 aromatic carbocycles. The smallest absolute Gasteiger partial charge is 0.241 e. The molecule has 1 heterocycles. The van der Waals surface area contributed by atoms with E-state index in [2.05, 4.69) is 20.8 Å². The zero-order valence-electron chi connectivity index (χ0n) is 12.6. The number of hydrogen-bond acceptors (Lipinski definition) is 5. The molecule has 0 saturated carbocycles. The summed E-state index contributed by atoms with van der Waals surface area (Å²) in [5.74, 6) is -0.237. The maximum Gasteiger partial charge on any atom is 0.241 e. The summed E-state index contributed by atoms with van der Waals surface area (Å²) < 4.78 is 1.67. The second kappa shape index (κ2) is 7.10. The number of benzene rings is 2. The third kappa shape index (κ3) is 3.69. The van der Waals surface area contributed by atoms with E-state index < -0.39 is 0 Å². The zero-order valence-corrected chi connectivity index (χ0v) is 13.3. The lowest BCUT2D eigenvalue weighted by molar-refractivity contribution is -0.121. The van der Waals surface area contributed by atoms with Crippen molar-refractivity contribution >= 4 is 34.8 Å². The van der Waals surface area contributed by atoms with Gasteiger partial charge in [-0.2, -0.15) is 5.10 Å². The lowest BCUT2D eigenvalue weighted by Gasteiger charge is -2.02. The molecule has 0 bridgehead atoms. The maximum absolute atomic E-state index is 11.8. The SMILES string of the molecule is O=C(CCn1nnc2ccccc21)NN=Cc1cc(Cl)ccc1O. The summed E-state index contributed by atoms with van der Waals surface area (Å²) >= 11 is 5.84. The number of para-hydroxylation sites is 1. The number of phenolic OH excluding ortho intramolecular Hbond substituents is 1. The van der Waals surface area contributed by atoms with Gasteiger partial charge in [0.05, 0.1) is 18.3 Å². The minimum absolute atomic E-state index is 0.0338. The molecule has 0 aliphatic rings. The number of nitrogens with one attached hydrogen (secondary N) is 1. The minimum atomic E-state index is -0.271. The molecule has 1 aromatic heterocycles. The average Bonchev–Trinajstić information content (AvgIpc) is 2.99. The molecular weight excluding hydrogens is 330 g/mol. The number of aromatic hydroxyl groups is 1. The Kier molecular flexibility index (Phi) is 4.72. The Hall–Kier alpha value is -2.93. The monoisotopic (exact) mass is 343 g/mol. The Morgan fingerprint density at radius 3 is 3.04 bits per heavy atom. The normalized spacial score (nSPS) is 11.2. The number of nitrogens with zero attached hydrogens (tertiary/aromatic N) is 4. The molecule has 24 heavy (non-hydrogen) atoms. The largest absolute Gasteiger partial charge is 0.507 e. The van der Waals surface area contributed by atoms with E-state index in [-0.39, 0.29) is 18.1 Å². The van der Waals surface area contributed by atoms with E-state index in [9.17, 15) is 9.90 Å². The Balaban J connectivity index is 1.56. The second-order valence-corrected chi connectivity index (χ2v) is 5.48. The first kappa shape index (κ1) is 15.9. The van der Waals surface area contributed by atoms with Crippen LogP contribution in [0.1, 0.15) is 12.0 Å². The Morgan fingerprint density at radius 1 is 1.33 bits per heavy atom. The Morgan fingerprint density at radius 2 is 2.17 bits per heavy atom. The first-order valence-corrected chi connectivity index (χ1v) is 7.60. The van der Waals surface area contributed by atoms with Crippen molar-refractivity contribution in [1.29, 1.82) is 0 Å². The summed E-state index contributed by atoms with van der Waals surface area (Å²) in [5, 5.41) is 22.0. The molecule has 0 fully saturated rings. The molecule has 3 aromatic rings. The van der Waals surface area contributed by atoms with Gasteiger partial charge in [0.25, 0.3) is 0 Å². The Labute approximate surface area is 142 Å². The fourth-order valence-corrected chi connectivity index (χ4v) is 2.33. The summed E-state index contributed by atoms with van der Waals surface area (Å²) in [4.78, 5) is 11.8. The van der Waals surface area contributed by atoms with Gasteiger partial charge in [-0.3, -0.25) is 4.79 Å². The van der Waals surface area contributed by atoms with Crippen LogP contribution in [-0.2, 0) is 11.3 Å². The number of rotatable bonds is 5. The first-order chi connectivity index (χ1) is 11.6. The highest BCUT2D eigenvalue weighted by atomic mass is 35.5.